The molecule has 37 heavy (non-hydrogen) atoms. The maximum absolute atomic E-state index is 13.2. The van der Waals surface area contributed by atoms with Gasteiger partial charge in [-0.25, -0.2) is 18.1 Å². The minimum absolute atomic E-state index is 0.0407. The first-order valence-electron chi connectivity index (χ1n) is 11.6. The summed E-state index contributed by atoms with van der Waals surface area (Å²) in [4.78, 5) is 28.7. The van der Waals surface area contributed by atoms with Crippen molar-refractivity contribution in [3.63, 3.8) is 0 Å². The van der Waals surface area contributed by atoms with Crippen molar-refractivity contribution >= 4 is 27.5 Å². The van der Waals surface area contributed by atoms with Gasteiger partial charge in [0.2, 0.25) is 21.8 Å². The van der Waals surface area contributed by atoms with Crippen molar-refractivity contribution in [1.82, 2.24) is 9.71 Å². The molecule has 0 unspecified atom stereocenters. The van der Waals surface area contributed by atoms with Gasteiger partial charge in [-0.15, -0.1) is 0 Å². The number of carbonyl (C=O) groups is 2. The molecule has 2 aromatic carbocycles. The number of hydrogen-bond acceptors (Lipinski definition) is 7. The Labute approximate surface area is 214 Å². The minimum atomic E-state index is -4.04. The standard InChI is InChI=1S/C26H28N4O6S/c1-4-15-8-10-19(11-9-15)37(34,35)30-21-20-13-17(14-28-25(20)36-26(2,3)22(21)31)24(33)29-18-7-5-6-16(12-18)23(27)32/h5-14,21-22,30-31H,4H2,1-3H3,(H2,27,32)(H,29,33)/t21-,22+/m1/s1. The Hall–Kier alpha value is -3.80. The van der Waals surface area contributed by atoms with Crippen LogP contribution in [0.2, 0.25) is 0 Å². The second kappa shape index (κ2) is 9.92. The van der Waals surface area contributed by atoms with Crippen LogP contribution < -0.4 is 20.5 Å². The van der Waals surface area contributed by atoms with Gasteiger partial charge in [0.15, 0.2) is 0 Å². The van der Waals surface area contributed by atoms with Crippen molar-refractivity contribution < 1.29 is 27.9 Å². The number of fused-ring (bicyclic) bond motifs is 1. The normalized spacial score (nSPS) is 18.4. The highest BCUT2D eigenvalue weighted by Gasteiger charge is 2.45. The van der Waals surface area contributed by atoms with Crippen molar-refractivity contribution in [1.29, 1.82) is 0 Å². The number of sulfonamides is 1. The lowest BCUT2D eigenvalue weighted by atomic mass is 9.88. The van der Waals surface area contributed by atoms with Crippen LogP contribution in [0.1, 0.15) is 58.7 Å². The van der Waals surface area contributed by atoms with E-state index in [4.69, 9.17) is 10.5 Å². The number of carbonyl (C=O) groups excluding carboxylic acids is 2. The first-order valence-corrected chi connectivity index (χ1v) is 13.1. The first kappa shape index (κ1) is 26.3. The summed E-state index contributed by atoms with van der Waals surface area (Å²) in [6, 6.07) is 12.8. The maximum atomic E-state index is 13.2. The van der Waals surface area contributed by atoms with E-state index in [2.05, 4.69) is 15.0 Å². The zero-order valence-corrected chi connectivity index (χ0v) is 21.4. The van der Waals surface area contributed by atoms with E-state index in [1.165, 1.54) is 36.5 Å². The molecule has 4 rings (SSSR count). The monoisotopic (exact) mass is 524 g/mol. The highest BCUT2D eigenvalue weighted by atomic mass is 32.2. The Kier molecular flexibility index (Phi) is 7.05. The number of aryl methyl sites for hydroxylation is 1. The fourth-order valence-electron chi connectivity index (χ4n) is 4.00. The van der Waals surface area contributed by atoms with E-state index in [0.29, 0.717) is 5.69 Å². The Bertz CT molecular complexity index is 1450. The first-order chi connectivity index (χ1) is 17.4. The Morgan fingerprint density at radius 1 is 1.11 bits per heavy atom. The molecule has 0 spiro atoms. The van der Waals surface area contributed by atoms with E-state index >= 15 is 0 Å². The SMILES string of the molecule is CCc1ccc(S(=O)(=O)N[C@@H]2c3cc(C(=O)Nc4cccc(C(N)=O)c4)cnc3OC(C)(C)[C@H]2O)cc1. The van der Waals surface area contributed by atoms with Crippen LogP contribution in [-0.2, 0) is 16.4 Å². The van der Waals surface area contributed by atoms with Gasteiger partial charge in [0, 0.05) is 23.0 Å². The summed E-state index contributed by atoms with van der Waals surface area (Å²) in [5.41, 5.74) is 5.98. The number of aromatic nitrogens is 1. The van der Waals surface area contributed by atoms with E-state index in [9.17, 15) is 23.1 Å². The predicted octanol–water partition coefficient (Wildman–Crippen LogP) is 2.55. The van der Waals surface area contributed by atoms with Crippen LogP contribution in [0.25, 0.3) is 0 Å². The van der Waals surface area contributed by atoms with Crippen LogP contribution in [-0.4, -0.2) is 42.0 Å². The average molecular weight is 525 g/mol. The fraction of sp³-hybridized carbons (Fsp3) is 0.269. The number of nitrogens with two attached hydrogens (primary N) is 1. The van der Waals surface area contributed by atoms with Crippen molar-refractivity contribution in [2.24, 2.45) is 5.73 Å². The van der Waals surface area contributed by atoms with Crippen molar-refractivity contribution in [3.05, 3.63) is 83.0 Å². The van der Waals surface area contributed by atoms with Gasteiger partial charge in [0.1, 0.15) is 11.7 Å². The molecule has 5 N–H and O–H groups in total. The number of aliphatic hydroxyl groups excluding tert-OH is 1. The second-order valence-electron chi connectivity index (χ2n) is 9.26. The number of aliphatic hydroxyl groups is 1. The van der Waals surface area contributed by atoms with Gasteiger partial charge in [-0.2, -0.15) is 0 Å². The lowest BCUT2D eigenvalue weighted by Gasteiger charge is -2.41. The number of pyridine rings is 1. The molecule has 3 aromatic rings. The van der Waals surface area contributed by atoms with Gasteiger partial charge < -0.3 is 20.9 Å². The number of rotatable bonds is 7. The Morgan fingerprint density at radius 3 is 2.46 bits per heavy atom. The van der Waals surface area contributed by atoms with Crippen LogP contribution in [0.5, 0.6) is 5.88 Å². The number of ether oxygens (including phenoxy) is 1. The second-order valence-corrected chi connectivity index (χ2v) is 11.0. The quantitative estimate of drug-likeness (QED) is 0.369. The van der Waals surface area contributed by atoms with Gasteiger partial charge in [-0.3, -0.25) is 9.59 Å². The van der Waals surface area contributed by atoms with Crippen LogP contribution in [0, 0.1) is 0 Å². The molecule has 0 saturated heterocycles. The van der Waals surface area contributed by atoms with Gasteiger partial charge in [0.05, 0.1) is 16.5 Å². The lowest BCUT2D eigenvalue weighted by Crippen LogP contribution is -2.53. The smallest absolute Gasteiger partial charge is 0.257 e. The number of primary amides is 1. The minimum Gasteiger partial charge on any atom is -0.469 e. The van der Waals surface area contributed by atoms with Gasteiger partial charge in [-0.1, -0.05) is 25.1 Å². The summed E-state index contributed by atoms with van der Waals surface area (Å²) in [6.07, 6.45) is 0.753. The van der Waals surface area contributed by atoms with Gasteiger partial charge in [-0.05, 0) is 62.2 Å². The molecular formula is C26H28N4O6S. The molecule has 0 fully saturated rings. The maximum Gasteiger partial charge on any atom is 0.257 e. The number of amides is 2. The molecule has 194 valence electrons. The molecular weight excluding hydrogens is 496 g/mol. The summed E-state index contributed by atoms with van der Waals surface area (Å²) in [6.45, 7) is 5.20. The molecule has 11 heteroatoms. The molecule has 1 aliphatic heterocycles. The van der Waals surface area contributed by atoms with E-state index < -0.39 is 39.6 Å². The van der Waals surface area contributed by atoms with Gasteiger partial charge >= 0.3 is 0 Å². The highest BCUT2D eigenvalue weighted by Crippen LogP contribution is 2.39. The van der Waals surface area contributed by atoms with E-state index in [-0.39, 0.29) is 27.5 Å². The summed E-state index contributed by atoms with van der Waals surface area (Å²) >= 11 is 0. The molecule has 10 nitrogen and oxygen atoms in total. The third kappa shape index (κ3) is 5.48. The number of anilines is 1. The largest absolute Gasteiger partial charge is 0.469 e. The average Bonchev–Trinajstić information content (AvgIpc) is 2.86. The molecule has 0 radical (unpaired) electrons. The van der Waals surface area contributed by atoms with Crippen LogP contribution in [0.3, 0.4) is 0 Å². The zero-order valence-electron chi connectivity index (χ0n) is 20.6. The summed E-state index contributed by atoms with van der Waals surface area (Å²) in [5, 5.41) is 13.7. The third-order valence-electron chi connectivity index (χ3n) is 6.19. The number of nitrogens with one attached hydrogen (secondary N) is 2. The molecule has 1 aromatic heterocycles. The topological polar surface area (TPSA) is 161 Å². The van der Waals surface area contributed by atoms with Crippen molar-refractivity contribution in [2.75, 3.05) is 5.32 Å². The highest BCUT2D eigenvalue weighted by molar-refractivity contribution is 7.89. The number of nitrogens with zero attached hydrogens (tertiary/aromatic N) is 1. The lowest BCUT2D eigenvalue weighted by molar-refractivity contribution is -0.0632. The van der Waals surface area contributed by atoms with Crippen LogP contribution in [0.4, 0.5) is 5.69 Å². The number of benzene rings is 2. The Balaban J connectivity index is 1.67. The third-order valence-corrected chi connectivity index (χ3v) is 7.65. The number of hydrogen-bond donors (Lipinski definition) is 4. The molecule has 0 bridgehead atoms. The van der Waals surface area contributed by atoms with Gasteiger partial charge in [0.25, 0.3) is 5.91 Å². The van der Waals surface area contributed by atoms with Crippen LogP contribution >= 0.6 is 0 Å². The van der Waals surface area contributed by atoms with Crippen molar-refractivity contribution in [2.45, 2.75) is 49.8 Å². The fourth-order valence-corrected chi connectivity index (χ4v) is 5.22. The molecule has 2 heterocycles. The summed E-state index contributed by atoms with van der Waals surface area (Å²) < 4.78 is 34.8. The molecule has 2 atom stereocenters. The molecule has 1 aliphatic rings. The summed E-state index contributed by atoms with van der Waals surface area (Å²) in [5.74, 6) is -1.11. The van der Waals surface area contributed by atoms with E-state index in [0.717, 1.165) is 12.0 Å². The van der Waals surface area contributed by atoms with E-state index in [1.54, 1.807) is 38.1 Å². The molecule has 0 aliphatic carbocycles. The Morgan fingerprint density at radius 2 is 1.81 bits per heavy atom. The van der Waals surface area contributed by atoms with E-state index in [1.807, 2.05) is 6.92 Å². The zero-order chi connectivity index (χ0) is 27.0. The predicted molar refractivity (Wildman–Crippen MR) is 137 cm³/mol. The van der Waals surface area contributed by atoms with Crippen molar-refractivity contribution in [3.8, 4) is 5.88 Å². The molecule has 2 amide bonds. The van der Waals surface area contributed by atoms with Crippen LogP contribution in [0.15, 0.2) is 65.7 Å². The summed E-state index contributed by atoms with van der Waals surface area (Å²) in [7, 11) is -4.04. The molecule has 0 saturated carbocycles.